The lowest BCUT2D eigenvalue weighted by atomic mass is 10.1. The van der Waals surface area contributed by atoms with E-state index in [9.17, 15) is 9.59 Å². The number of carbonyl (C=O) groups is 2. The van der Waals surface area contributed by atoms with Crippen molar-refractivity contribution in [3.05, 3.63) is 65.6 Å². The number of hydrogen-bond donors (Lipinski definition) is 2. The van der Waals surface area contributed by atoms with Crippen LogP contribution >= 0.6 is 0 Å². The number of hydrogen-bond acceptors (Lipinski definition) is 6. The number of pyridine rings is 1. The molecule has 3 rings (SSSR count). The topological polar surface area (TPSA) is 106 Å². The number of nitrogens with one attached hydrogen (secondary N) is 2. The molecule has 2 amide bonds. The third-order valence-corrected chi connectivity index (χ3v) is 4.00. The molecule has 2 aromatic heterocycles. The van der Waals surface area contributed by atoms with Gasteiger partial charge in [-0.2, -0.15) is 0 Å². The van der Waals surface area contributed by atoms with Gasteiger partial charge in [0.05, 0.1) is 13.7 Å². The SMILES string of the molecule is COc1ccc(-c2cc(CNC(=O)c3cccc(C(=O)NC(C)C)n3)no2)cc1. The molecule has 29 heavy (non-hydrogen) atoms. The molecule has 0 radical (unpaired) electrons. The number of methoxy groups -OCH3 is 1. The quantitative estimate of drug-likeness (QED) is 0.638. The fraction of sp³-hybridized carbons (Fsp3) is 0.238. The Labute approximate surface area is 168 Å². The Bertz CT molecular complexity index is 996. The second-order valence-electron chi connectivity index (χ2n) is 6.63. The van der Waals surface area contributed by atoms with Gasteiger partial charge in [-0.15, -0.1) is 0 Å². The summed E-state index contributed by atoms with van der Waals surface area (Å²) >= 11 is 0. The molecule has 1 aromatic carbocycles. The van der Waals surface area contributed by atoms with Crippen molar-refractivity contribution in [3.8, 4) is 17.1 Å². The Hall–Kier alpha value is -3.68. The average Bonchev–Trinajstić information content (AvgIpc) is 3.20. The van der Waals surface area contributed by atoms with Crippen molar-refractivity contribution in [1.82, 2.24) is 20.8 Å². The number of amides is 2. The summed E-state index contributed by atoms with van der Waals surface area (Å²) in [6, 6.07) is 13.8. The van der Waals surface area contributed by atoms with E-state index in [1.807, 2.05) is 38.1 Å². The van der Waals surface area contributed by atoms with Crippen LogP contribution in [0.4, 0.5) is 0 Å². The van der Waals surface area contributed by atoms with Crippen molar-refractivity contribution in [1.29, 1.82) is 0 Å². The average molecular weight is 394 g/mol. The smallest absolute Gasteiger partial charge is 0.270 e. The molecular formula is C21H22N4O4. The number of nitrogens with zero attached hydrogens (tertiary/aromatic N) is 2. The van der Waals surface area contributed by atoms with Crippen LogP contribution in [0.1, 0.15) is 40.5 Å². The van der Waals surface area contributed by atoms with Crippen LogP contribution in [-0.4, -0.2) is 35.1 Å². The lowest BCUT2D eigenvalue weighted by Gasteiger charge is -2.08. The van der Waals surface area contributed by atoms with Gasteiger partial charge in [0.25, 0.3) is 11.8 Å². The molecule has 3 aromatic rings. The molecule has 0 atom stereocenters. The molecule has 0 saturated heterocycles. The second-order valence-corrected chi connectivity index (χ2v) is 6.63. The van der Waals surface area contributed by atoms with E-state index in [1.165, 1.54) is 0 Å². The first-order chi connectivity index (χ1) is 14.0. The minimum atomic E-state index is -0.404. The summed E-state index contributed by atoms with van der Waals surface area (Å²) in [5.74, 6) is 0.605. The molecule has 0 saturated carbocycles. The van der Waals surface area contributed by atoms with Crippen LogP contribution in [0.3, 0.4) is 0 Å². The van der Waals surface area contributed by atoms with E-state index in [1.54, 1.807) is 31.4 Å². The predicted octanol–water partition coefficient (Wildman–Crippen LogP) is 2.81. The highest BCUT2D eigenvalue weighted by Crippen LogP contribution is 2.23. The van der Waals surface area contributed by atoms with Crippen LogP contribution < -0.4 is 15.4 Å². The third-order valence-electron chi connectivity index (χ3n) is 4.00. The van der Waals surface area contributed by atoms with E-state index in [0.717, 1.165) is 11.3 Å². The van der Waals surface area contributed by atoms with Gasteiger partial charge in [0.15, 0.2) is 5.76 Å². The van der Waals surface area contributed by atoms with Crippen molar-refractivity contribution in [2.75, 3.05) is 7.11 Å². The van der Waals surface area contributed by atoms with Gasteiger partial charge in [0.2, 0.25) is 0 Å². The molecule has 0 spiro atoms. The molecule has 150 valence electrons. The zero-order valence-corrected chi connectivity index (χ0v) is 16.4. The van der Waals surface area contributed by atoms with Crippen LogP contribution in [0, 0.1) is 0 Å². The maximum atomic E-state index is 12.4. The molecule has 0 aliphatic rings. The summed E-state index contributed by atoms with van der Waals surface area (Å²) in [6.07, 6.45) is 0. The van der Waals surface area contributed by atoms with E-state index < -0.39 is 5.91 Å². The van der Waals surface area contributed by atoms with E-state index in [0.29, 0.717) is 11.5 Å². The highest BCUT2D eigenvalue weighted by Gasteiger charge is 2.14. The minimum absolute atomic E-state index is 0.0196. The van der Waals surface area contributed by atoms with Gasteiger partial charge in [-0.1, -0.05) is 11.2 Å². The van der Waals surface area contributed by atoms with Crippen LogP contribution in [0.15, 0.2) is 53.1 Å². The molecular weight excluding hydrogens is 372 g/mol. The number of aromatic nitrogens is 2. The summed E-state index contributed by atoms with van der Waals surface area (Å²) in [5.41, 5.74) is 1.76. The summed E-state index contributed by atoms with van der Waals surface area (Å²) < 4.78 is 10.5. The van der Waals surface area contributed by atoms with Crippen LogP contribution in [0.2, 0.25) is 0 Å². The summed E-state index contributed by atoms with van der Waals surface area (Å²) in [6.45, 7) is 3.88. The maximum absolute atomic E-state index is 12.4. The Morgan fingerprint density at radius 2 is 1.76 bits per heavy atom. The van der Waals surface area contributed by atoms with E-state index in [2.05, 4.69) is 20.8 Å². The van der Waals surface area contributed by atoms with Crippen LogP contribution in [-0.2, 0) is 6.54 Å². The first-order valence-electron chi connectivity index (χ1n) is 9.12. The van der Waals surface area contributed by atoms with Crippen LogP contribution in [0.5, 0.6) is 5.75 Å². The van der Waals surface area contributed by atoms with Crippen molar-refractivity contribution < 1.29 is 18.8 Å². The fourth-order valence-corrected chi connectivity index (χ4v) is 2.57. The first kappa shape index (κ1) is 20.1. The zero-order chi connectivity index (χ0) is 20.8. The number of carbonyl (C=O) groups excluding carboxylic acids is 2. The molecule has 0 aliphatic heterocycles. The zero-order valence-electron chi connectivity index (χ0n) is 16.4. The number of benzene rings is 1. The normalized spacial score (nSPS) is 10.6. The maximum Gasteiger partial charge on any atom is 0.270 e. The van der Waals surface area contributed by atoms with E-state index >= 15 is 0 Å². The highest BCUT2D eigenvalue weighted by atomic mass is 16.5. The monoisotopic (exact) mass is 394 g/mol. The molecule has 0 unspecified atom stereocenters. The van der Waals surface area contributed by atoms with Gasteiger partial charge in [0, 0.05) is 17.7 Å². The summed E-state index contributed by atoms with van der Waals surface area (Å²) in [7, 11) is 1.60. The predicted molar refractivity (Wildman–Crippen MR) is 107 cm³/mol. The molecule has 0 bridgehead atoms. The Morgan fingerprint density at radius 1 is 1.07 bits per heavy atom. The Kier molecular flexibility index (Phi) is 6.23. The molecule has 0 fully saturated rings. The van der Waals surface area contributed by atoms with Gasteiger partial charge >= 0.3 is 0 Å². The van der Waals surface area contributed by atoms with Gasteiger partial charge in [-0.25, -0.2) is 4.98 Å². The van der Waals surface area contributed by atoms with Crippen LogP contribution in [0.25, 0.3) is 11.3 Å². The van der Waals surface area contributed by atoms with Crippen molar-refractivity contribution in [2.45, 2.75) is 26.4 Å². The molecule has 8 nitrogen and oxygen atoms in total. The lowest BCUT2D eigenvalue weighted by molar-refractivity contribution is 0.0936. The summed E-state index contributed by atoms with van der Waals surface area (Å²) in [5, 5.41) is 9.45. The van der Waals surface area contributed by atoms with Gasteiger partial charge in [-0.05, 0) is 50.2 Å². The number of ether oxygens (including phenoxy) is 1. The third kappa shape index (κ3) is 5.19. The largest absolute Gasteiger partial charge is 0.497 e. The lowest BCUT2D eigenvalue weighted by Crippen LogP contribution is -2.31. The van der Waals surface area contributed by atoms with Gasteiger partial charge in [0.1, 0.15) is 22.8 Å². The summed E-state index contributed by atoms with van der Waals surface area (Å²) in [4.78, 5) is 28.6. The van der Waals surface area contributed by atoms with Gasteiger partial charge < -0.3 is 19.9 Å². The molecule has 8 heteroatoms. The van der Waals surface area contributed by atoms with Crippen molar-refractivity contribution in [3.63, 3.8) is 0 Å². The standard InChI is InChI=1S/C21H22N4O4/c1-13(2)23-21(27)18-6-4-5-17(24-18)20(26)22-12-15-11-19(29-25-15)14-7-9-16(28-3)10-8-14/h4-11,13H,12H2,1-3H3,(H,22,26)(H,23,27). The molecule has 2 N–H and O–H groups in total. The Morgan fingerprint density at radius 3 is 2.41 bits per heavy atom. The fourth-order valence-electron chi connectivity index (χ4n) is 2.57. The molecule has 2 heterocycles. The second kappa shape index (κ2) is 9.01. The van der Waals surface area contributed by atoms with E-state index in [4.69, 9.17) is 9.26 Å². The Balaban J connectivity index is 1.62. The van der Waals surface area contributed by atoms with E-state index in [-0.39, 0.29) is 29.9 Å². The minimum Gasteiger partial charge on any atom is -0.497 e. The molecule has 0 aliphatic carbocycles. The highest BCUT2D eigenvalue weighted by molar-refractivity contribution is 5.96. The van der Waals surface area contributed by atoms with Crippen molar-refractivity contribution >= 4 is 11.8 Å². The number of rotatable bonds is 7. The van der Waals surface area contributed by atoms with Crippen molar-refractivity contribution in [2.24, 2.45) is 0 Å². The van der Waals surface area contributed by atoms with Gasteiger partial charge in [-0.3, -0.25) is 9.59 Å². The first-order valence-corrected chi connectivity index (χ1v) is 9.12.